The third kappa shape index (κ3) is 2.54. The summed E-state index contributed by atoms with van der Waals surface area (Å²) in [7, 11) is 1.37. The number of carbonyl (C=O) groups excluding carboxylic acids is 2. The monoisotopic (exact) mass is 424 g/mol. The van der Waals surface area contributed by atoms with E-state index in [1.807, 2.05) is 0 Å². The molecule has 0 fully saturated rings. The summed E-state index contributed by atoms with van der Waals surface area (Å²) in [5, 5.41) is 4.98. The van der Waals surface area contributed by atoms with E-state index < -0.39 is 23.4 Å². The Morgan fingerprint density at radius 2 is 1.73 bits per heavy atom. The smallest absolute Gasteiger partial charge is 0.262 e. The number of halogens is 3. The van der Waals surface area contributed by atoms with Crippen molar-refractivity contribution >= 4 is 34.4 Å². The number of benzene rings is 2. The molecule has 3 heterocycles. The Labute approximate surface area is 173 Å². The highest BCUT2D eigenvalue weighted by molar-refractivity contribution is 6.30. The Morgan fingerprint density at radius 1 is 1.00 bits per heavy atom. The summed E-state index contributed by atoms with van der Waals surface area (Å²) >= 11 is 5.86. The molecule has 0 bridgehead atoms. The highest BCUT2D eigenvalue weighted by Crippen LogP contribution is 2.36. The van der Waals surface area contributed by atoms with Crippen LogP contribution < -0.4 is 0 Å². The van der Waals surface area contributed by atoms with Gasteiger partial charge in [0.25, 0.3) is 11.8 Å². The lowest BCUT2D eigenvalue weighted by Gasteiger charge is -2.05. The molecule has 30 heavy (non-hydrogen) atoms. The second-order valence-electron chi connectivity index (χ2n) is 6.78. The molecule has 0 N–H and O–H groups in total. The fourth-order valence-corrected chi connectivity index (χ4v) is 3.70. The van der Waals surface area contributed by atoms with Gasteiger partial charge in [0.1, 0.15) is 23.0 Å². The molecule has 1 aliphatic heterocycles. The zero-order valence-corrected chi connectivity index (χ0v) is 16.1. The van der Waals surface area contributed by atoms with Gasteiger partial charge in [0.15, 0.2) is 5.65 Å². The Balaban J connectivity index is 1.90. The summed E-state index contributed by atoms with van der Waals surface area (Å²) in [6.07, 6.45) is 1.28. The van der Waals surface area contributed by atoms with Crippen molar-refractivity contribution in [2.45, 2.75) is 0 Å². The van der Waals surface area contributed by atoms with Crippen LogP contribution in [0.25, 0.3) is 28.0 Å². The Kier molecular flexibility index (Phi) is 3.94. The number of hydrogen-bond donors (Lipinski definition) is 0. The van der Waals surface area contributed by atoms with Gasteiger partial charge >= 0.3 is 0 Å². The first kappa shape index (κ1) is 18.4. The molecule has 4 aromatic rings. The maximum atomic E-state index is 14.7. The van der Waals surface area contributed by atoms with E-state index in [1.165, 1.54) is 54.3 Å². The molecule has 6 nitrogen and oxygen atoms in total. The quantitative estimate of drug-likeness (QED) is 0.451. The highest BCUT2D eigenvalue weighted by atomic mass is 35.5. The zero-order valence-electron chi connectivity index (χ0n) is 15.4. The number of pyridine rings is 1. The molecule has 0 spiro atoms. The number of aromatic nitrogens is 3. The second kappa shape index (κ2) is 6.43. The third-order valence-corrected chi connectivity index (χ3v) is 5.24. The van der Waals surface area contributed by atoms with E-state index in [0.717, 1.165) is 11.0 Å². The number of amides is 2. The lowest BCUT2D eigenvalue weighted by Crippen LogP contribution is -2.24. The summed E-state index contributed by atoms with van der Waals surface area (Å²) in [5.74, 6) is -2.08. The first-order valence-corrected chi connectivity index (χ1v) is 9.20. The van der Waals surface area contributed by atoms with Crippen molar-refractivity contribution in [1.29, 1.82) is 0 Å². The van der Waals surface area contributed by atoms with Crippen molar-refractivity contribution in [3.05, 3.63) is 76.4 Å². The fourth-order valence-electron chi connectivity index (χ4n) is 3.54. The third-order valence-electron chi connectivity index (χ3n) is 5.01. The number of fused-ring (bicyclic) bond motifs is 3. The van der Waals surface area contributed by atoms with E-state index in [-0.39, 0.29) is 38.6 Å². The summed E-state index contributed by atoms with van der Waals surface area (Å²) in [6.45, 7) is 0. The van der Waals surface area contributed by atoms with Gasteiger partial charge in [-0.1, -0.05) is 11.6 Å². The average Bonchev–Trinajstić information content (AvgIpc) is 3.20. The standard InChI is InChI=1S/C21H11ClF2N4O2/c1-27-20(29)13-9-25-19-17(16(13)21(27)30)18(10-2-5-12(23)6-3-10)26-28(19)15-7-4-11(22)8-14(15)24/h2-9H,1H3. The topological polar surface area (TPSA) is 68.1 Å². The molecule has 9 heteroatoms. The number of hydrogen-bond acceptors (Lipinski definition) is 4. The molecule has 2 amide bonds. The van der Waals surface area contributed by atoms with E-state index in [2.05, 4.69) is 10.1 Å². The largest absolute Gasteiger partial charge is 0.277 e. The summed E-state index contributed by atoms with van der Waals surface area (Å²) in [5.41, 5.74) is 1.28. The van der Waals surface area contributed by atoms with Gasteiger partial charge < -0.3 is 0 Å². The van der Waals surface area contributed by atoms with Crippen LogP contribution in [0.5, 0.6) is 0 Å². The van der Waals surface area contributed by atoms with E-state index in [1.54, 1.807) is 0 Å². The lowest BCUT2D eigenvalue weighted by molar-refractivity contribution is 0.0693. The minimum atomic E-state index is -0.639. The molecule has 5 rings (SSSR count). The van der Waals surface area contributed by atoms with Crippen LogP contribution in [-0.2, 0) is 0 Å². The van der Waals surface area contributed by atoms with Crippen LogP contribution in [0.15, 0.2) is 48.7 Å². The van der Waals surface area contributed by atoms with Crippen LogP contribution in [-0.4, -0.2) is 38.5 Å². The maximum Gasteiger partial charge on any atom is 0.262 e. The summed E-state index contributed by atoms with van der Waals surface area (Å²) in [6, 6.07) is 9.55. The predicted octanol–water partition coefficient (Wildman–Crippen LogP) is 4.24. The van der Waals surface area contributed by atoms with Gasteiger partial charge in [-0.3, -0.25) is 14.5 Å². The normalized spacial score (nSPS) is 13.4. The Morgan fingerprint density at radius 3 is 2.43 bits per heavy atom. The van der Waals surface area contributed by atoms with Crippen LogP contribution in [0.4, 0.5) is 8.78 Å². The van der Waals surface area contributed by atoms with Crippen LogP contribution in [0.2, 0.25) is 5.02 Å². The van der Waals surface area contributed by atoms with Gasteiger partial charge in [-0.15, -0.1) is 0 Å². The molecular formula is C21H11ClF2N4O2. The molecule has 148 valence electrons. The van der Waals surface area contributed by atoms with Crippen molar-refractivity contribution in [2.24, 2.45) is 0 Å². The van der Waals surface area contributed by atoms with E-state index in [9.17, 15) is 18.4 Å². The van der Waals surface area contributed by atoms with E-state index in [4.69, 9.17) is 11.6 Å². The number of rotatable bonds is 2. The maximum absolute atomic E-state index is 14.7. The number of nitrogens with zero attached hydrogens (tertiary/aromatic N) is 4. The van der Waals surface area contributed by atoms with Gasteiger partial charge in [0, 0.05) is 23.8 Å². The van der Waals surface area contributed by atoms with Gasteiger partial charge in [-0.2, -0.15) is 5.10 Å². The summed E-state index contributed by atoms with van der Waals surface area (Å²) < 4.78 is 29.4. The molecule has 0 atom stereocenters. The van der Waals surface area contributed by atoms with Crippen LogP contribution in [0, 0.1) is 11.6 Å². The van der Waals surface area contributed by atoms with Crippen molar-refractivity contribution < 1.29 is 18.4 Å². The minimum absolute atomic E-state index is 0.0651. The van der Waals surface area contributed by atoms with Gasteiger partial charge in [0.2, 0.25) is 0 Å². The van der Waals surface area contributed by atoms with E-state index >= 15 is 0 Å². The van der Waals surface area contributed by atoms with Crippen molar-refractivity contribution in [3.63, 3.8) is 0 Å². The molecule has 1 aliphatic rings. The van der Waals surface area contributed by atoms with Crippen molar-refractivity contribution in [2.75, 3.05) is 7.05 Å². The SMILES string of the molecule is CN1C(=O)c2cnc3c(c(-c4ccc(F)cc4)nn3-c3ccc(Cl)cc3F)c2C1=O. The molecule has 2 aromatic heterocycles. The van der Waals surface area contributed by atoms with Crippen LogP contribution >= 0.6 is 11.6 Å². The molecule has 0 saturated heterocycles. The van der Waals surface area contributed by atoms with E-state index in [0.29, 0.717) is 5.56 Å². The molecule has 2 aromatic carbocycles. The van der Waals surface area contributed by atoms with Crippen LogP contribution in [0.3, 0.4) is 0 Å². The van der Waals surface area contributed by atoms with Gasteiger partial charge in [-0.25, -0.2) is 18.4 Å². The average molecular weight is 425 g/mol. The van der Waals surface area contributed by atoms with Gasteiger partial charge in [0.05, 0.1) is 16.5 Å². The van der Waals surface area contributed by atoms with Crippen molar-refractivity contribution in [3.8, 4) is 16.9 Å². The second-order valence-corrected chi connectivity index (χ2v) is 7.21. The lowest BCUT2D eigenvalue weighted by atomic mass is 10.0. The first-order valence-electron chi connectivity index (χ1n) is 8.82. The van der Waals surface area contributed by atoms with Crippen molar-refractivity contribution in [1.82, 2.24) is 19.7 Å². The van der Waals surface area contributed by atoms with Crippen LogP contribution in [0.1, 0.15) is 20.7 Å². The predicted molar refractivity (Wildman–Crippen MR) is 106 cm³/mol. The Bertz CT molecular complexity index is 1380. The molecule has 0 radical (unpaired) electrons. The Hall–Kier alpha value is -3.65. The zero-order chi connectivity index (χ0) is 21.2. The minimum Gasteiger partial charge on any atom is -0.277 e. The first-order chi connectivity index (χ1) is 14.4. The molecule has 0 unspecified atom stereocenters. The number of carbonyl (C=O) groups is 2. The highest BCUT2D eigenvalue weighted by Gasteiger charge is 2.37. The summed E-state index contributed by atoms with van der Waals surface area (Å²) in [4.78, 5) is 30.5. The van der Waals surface area contributed by atoms with Gasteiger partial charge in [-0.05, 0) is 42.5 Å². The fraction of sp³-hybridized carbons (Fsp3) is 0.0476. The molecule has 0 saturated carbocycles. The molecular weight excluding hydrogens is 414 g/mol. The molecule has 0 aliphatic carbocycles. The number of imide groups is 1.